The zero-order valence-corrected chi connectivity index (χ0v) is 15.8. The van der Waals surface area contributed by atoms with E-state index in [0.29, 0.717) is 5.56 Å². The van der Waals surface area contributed by atoms with E-state index in [-0.39, 0.29) is 29.1 Å². The first-order valence-electron chi connectivity index (χ1n) is 9.05. The van der Waals surface area contributed by atoms with Crippen molar-refractivity contribution in [3.63, 3.8) is 0 Å². The highest BCUT2D eigenvalue weighted by Crippen LogP contribution is 2.30. The molecule has 2 heterocycles. The number of amides is 2. The lowest BCUT2D eigenvalue weighted by molar-refractivity contribution is -0.154. The van der Waals surface area contributed by atoms with Crippen molar-refractivity contribution in [3.05, 3.63) is 47.5 Å². The fourth-order valence-corrected chi connectivity index (χ4v) is 2.50. The quantitative estimate of drug-likeness (QED) is 0.662. The van der Waals surface area contributed by atoms with Crippen LogP contribution in [0, 0.1) is 11.7 Å². The molecule has 0 radical (unpaired) electrons. The van der Waals surface area contributed by atoms with E-state index in [0.717, 1.165) is 25.1 Å². The van der Waals surface area contributed by atoms with Gasteiger partial charge in [0, 0.05) is 18.2 Å². The fraction of sp³-hybridized carbons (Fsp3) is 0.368. The minimum atomic E-state index is -4.48. The Morgan fingerprint density at radius 3 is 2.57 bits per heavy atom. The lowest BCUT2D eigenvalue weighted by Crippen LogP contribution is -2.28. The van der Waals surface area contributed by atoms with Gasteiger partial charge in [-0.15, -0.1) is 0 Å². The molecule has 30 heavy (non-hydrogen) atoms. The largest absolute Gasteiger partial charge is 0.468 e. The lowest BCUT2D eigenvalue weighted by atomic mass is 10.1. The molecule has 2 aromatic rings. The van der Waals surface area contributed by atoms with E-state index < -0.39 is 30.5 Å². The van der Waals surface area contributed by atoms with Crippen molar-refractivity contribution in [2.24, 2.45) is 5.92 Å². The topological polar surface area (TPSA) is 93.2 Å². The summed E-state index contributed by atoms with van der Waals surface area (Å²) < 4.78 is 55.1. The van der Waals surface area contributed by atoms with Crippen molar-refractivity contribution >= 4 is 17.6 Å². The Morgan fingerprint density at radius 1 is 1.23 bits per heavy atom. The van der Waals surface area contributed by atoms with Crippen LogP contribution in [0.25, 0.3) is 0 Å². The van der Waals surface area contributed by atoms with Crippen LogP contribution in [0.15, 0.2) is 30.6 Å². The number of carbonyl (C=O) groups excluding carboxylic acids is 2. The molecule has 1 aliphatic carbocycles. The van der Waals surface area contributed by atoms with Crippen LogP contribution in [0.4, 0.5) is 23.4 Å². The van der Waals surface area contributed by atoms with E-state index in [1.807, 2.05) is 0 Å². The van der Waals surface area contributed by atoms with E-state index >= 15 is 0 Å². The minimum absolute atomic E-state index is 0.0685. The monoisotopic (exact) mass is 426 g/mol. The van der Waals surface area contributed by atoms with Crippen molar-refractivity contribution in [1.82, 2.24) is 15.3 Å². The second-order valence-corrected chi connectivity index (χ2v) is 6.84. The molecule has 2 aromatic heterocycles. The van der Waals surface area contributed by atoms with Gasteiger partial charge in [-0.3, -0.25) is 9.59 Å². The summed E-state index contributed by atoms with van der Waals surface area (Å²) in [5.41, 5.74) is 0.167. The molecule has 11 heteroatoms. The van der Waals surface area contributed by atoms with Crippen LogP contribution in [-0.4, -0.2) is 34.6 Å². The standard InChI is InChI=1S/C19H18F4N4O3/c1-10(12-4-5-16(25-7-12)30-9-19(21,22)23)26-18(29)13-6-15(24-8-14(13)20)27-17(28)11-2-3-11/h4-8,10-11H,2-3,9H2,1H3,(H,26,29)(H,24,27,28). The van der Waals surface area contributed by atoms with Crippen molar-refractivity contribution in [3.8, 4) is 5.88 Å². The Balaban J connectivity index is 1.62. The van der Waals surface area contributed by atoms with Gasteiger partial charge < -0.3 is 15.4 Å². The third kappa shape index (κ3) is 5.88. The molecule has 0 aliphatic heterocycles. The Labute approximate surface area is 168 Å². The Hall–Kier alpha value is -3.24. The van der Waals surface area contributed by atoms with Gasteiger partial charge in [0.25, 0.3) is 5.91 Å². The van der Waals surface area contributed by atoms with Gasteiger partial charge in [0.2, 0.25) is 11.8 Å². The van der Waals surface area contributed by atoms with Crippen LogP contribution in [0.5, 0.6) is 5.88 Å². The first-order chi connectivity index (χ1) is 14.1. The molecule has 7 nitrogen and oxygen atoms in total. The second-order valence-electron chi connectivity index (χ2n) is 6.84. The summed E-state index contributed by atoms with van der Waals surface area (Å²) in [6.45, 7) is 0.132. The molecule has 0 bridgehead atoms. The van der Waals surface area contributed by atoms with Gasteiger partial charge >= 0.3 is 6.18 Å². The summed E-state index contributed by atoms with van der Waals surface area (Å²) in [4.78, 5) is 31.8. The van der Waals surface area contributed by atoms with E-state index in [2.05, 4.69) is 25.3 Å². The van der Waals surface area contributed by atoms with Crippen molar-refractivity contribution in [1.29, 1.82) is 0 Å². The normalized spacial score (nSPS) is 14.7. The van der Waals surface area contributed by atoms with Gasteiger partial charge in [0.15, 0.2) is 12.4 Å². The molecular formula is C19H18F4N4O3. The molecule has 0 spiro atoms. The van der Waals surface area contributed by atoms with Crippen molar-refractivity contribution in [2.45, 2.75) is 32.0 Å². The summed E-state index contributed by atoms with van der Waals surface area (Å²) in [7, 11) is 0. The highest BCUT2D eigenvalue weighted by Gasteiger charge is 2.30. The number of hydrogen-bond acceptors (Lipinski definition) is 5. The summed E-state index contributed by atoms with van der Waals surface area (Å²) in [5.74, 6) is -2.07. The number of carbonyl (C=O) groups is 2. The van der Waals surface area contributed by atoms with Crippen LogP contribution < -0.4 is 15.4 Å². The molecule has 3 rings (SSSR count). The highest BCUT2D eigenvalue weighted by atomic mass is 19.4. The molecule has 0 aromatic carbocycles. The fourth-order valence-electron chi connectivity index (χ4n) is 2.50. The Kier molecular flexibility index (Phi) is 6.18. The number of ether oxygens (including phenoxy) is 1. The zero-order chi connectivity index (χ0) is 21.9. The first-order valence-corrected chi connectivity index (χ1v) is 9.05. The molecule has 1 atom stereocenters. The van der Waals surface area contributed by atoms with Gasteiger partial charge in [-0.05, 0) is 31.4 Å². The molecule has 1 aliphatic rings. The molecule has 1 fully saturated rings. The van der Waals surface area contributed by atoms with Crippen LogP contribution in [-0.2, 0) is 4.79 Å². The number of anilines is 1. The van der Waals surface area contributed by atoms with Gasteiger partial charge in [0.05, 0.1) is 17.8 Å². The van der Waals surface area contributed by atoms with Crippen molar-refractivity contribution in [2.75, 3.05) is 11.9 Å². The third-order valence-electron chi connectivity index (χ3n) is 4.29. The van der Waals surface area contributed by atoms with E-state index in [1.165, 1.54) is 18.3 Å². The van der Waals surface area contributed by atoms with E-state index in [1.54, 1.807) is 6.92 Å². The Morgan fingerprint density at radius 2 is 1.97 bits per heavy atom. The molecule has 1 saturated carbocycles. The molecule has 160 valence electrons. The SMILES string of the molecule is CC(NC(=O)c1cc(NC(=O)C2CC2)ncc1F)c1ccc(OCC(F)(F)F)nc1. The maximum absolute atomic E-state index is 14.1. The van der Waals surface area contributed by atoms with Crippen LogP contribution in [0.1, 0.15) is 41.7 Å². The van der Waals surface area contributed by atoms with Gasteiger partial charge in [-0.1, -0.05) is 6.07 Å². The summed E-state index contributed by atoms with van der Waals surface area (Å²) in [6, 6.07) is 3.19. The lowest BCUT2D eigenvalue weighted by Gasteiger charge is -2.15. The number of hydrogen-bond donors (Lipinski definition) is 2. The summed E-state index contributed by atoms with van der Waals surface area (Å²) >= 11 is 0. The molecule has 2 amide bonds. The van der Waals surface area contributed by atoms with Gasteiger partial charge in [-0.25, -0.2) is 14.4 Å². The summed E-state index contributed by atoms with van der Waals surface area (Å²) in [6.07, 6.45) is -0.817. The molecular weight excluding hydrogens is 408 g/mol. The maximum atomic E-state index is 14.1. The van der Waals surface area contributed by atoms with Crippen molar-refractivity contribution < 1.29 is 31.9 Å². The summed E-state index contributed by atoms with van der Waals surface area (Å²) in [5, 5.41) is 5.10. The van der Waals surface area contributed by atoms with E-state index in [9.17, 15) is 27.2 Å². The first kappa shape index (κ1) is 21.5. The van der Waals surface area contributed by atoms with Crippen LogP contribution in [0.2, 0.25) is 0 Å². The Bertz CT molecular complexity index is 930. The molecule has 0 saturated heterocycles. The zero-order valence-electron chi connectivity index (χ0n) is 15.8. The predicted molar refractivity (Wildman–Crippen MR) is 97.2 cm³/mol. The maximum Gasteiger partial charge on any atom is 0.422 e. The van der Waals surface area contributed by atoms with E-state index in [4.69, 9.17) is 0 Å². The minimum Gasteiger partial charge on any atom is -0.468 e. The number of nitrogens with zero attached hydrogens (tertiary/aromatic N) is 2. The van der Waals surface area contributed by atoms with Crippen LogP contribution >= 0.6 is 0 Å². The number of nitrogens with one attached hydrogen (secondary N) is 2. The third-order valence-corrected chi connectivity index (χ3v) is 4.29. The average molecular weight is 426 g/mol. The molecule has 2 N–H and O–H groups in total. The average Bonchev–Trinajstić information content (AvgIpc) is 3.53. The van der Waals surface area contributed by atoms with Gasteiger partial charge in [0.1, 0.15) is 5.82 Å². The smallest absolute Gasteiger partial charge is 0.422 e. The second kappa shape index (κ2) is 8.64. The predicted octanol–water partition coefficient (Wildman–Crippen LogP) is 3.40. The number of alkyl halides is 3. The molecule has 1 unspecified atom stereocenters. The number of pyridine rings is 2. The number of rotatable bonds is 7. The number of aromatic nitrogens is 2. The van der Waals surface area contributed by atoms with Gasteiger partial charge in [-0.2, -0.15) is 13.2 Å². The number of halogens is 4. The highest BCUT2D eigenvalue weighted by molar-refractivity contribution is 5.97. The van der Waals surface area contributed by atoms with Crippen LogP contribution in [0.3, 0.4) is 0 Å².